The van der Waals surface area contributed by atoms with Crippen molar-refractivity contribution < 1.29 is 14.6 Å². The predicted octanol–water partition coefficient (Wildman–Crippen LogP) is 1.55. The van der Waals surface area contributed by atoms with E-state index in [0.29, 0.717) is 6.61 Å². The zero-order valence-corrected chi connectivity index (χ0v) is 6.79. The highest BCUT2D eigenvalue weighted by Gasteiger charge is 2.04. The Labute approximate surface area is 62.0 Å². The summed E-state index contributed by atoms with van der Waals surface area (Å²) >= 11 is 0. The molecule has 0 rings (SSSR count). The molecule has 0 aliphatic heterocycles. The van der Waals surface area contributed by atoms with Gasteiger partial charge in [0.2, 0.25) is 0 Å². The smallest absolute Gasteiger partial charge is 0.191 e. The summed E-state index contributed by atoms with van der Waals surface area (Å²) < 4.78 is 9.85. The summed E-state index contributed by atoms with van der Waals surface area (Å²) in [5.74, 6) is 0. The molecule has 0 aromatic heterocycles. The Morgan fingerprint density at radius 3 is 2.40 bits per heavy atom. The molecule has 0 aromatic rings. The molecule has 0 spiro atoms. The van der Waals surface area contributed by atoms with Crippen molar-refractivity contribution in [3.8, 4) is 0 Å². The van der Waals surface area contributed by atoms with Gasteiger partial charge < -0.3 is 9.47 Å². The molecular formula is C7H15O3. The highest BCUT2D eigenvalue weighted by Crippen LogP contribution is 1.97. The van der Waals surface area contributed by atoms with Crippen LogP contribution in [0, 0.1) is 0 Å². The summed E-state index contributed by atoms with van der Waals surface area (Å²) in [4.78, 5) is 0. The molecule has 3 heteroatoms. The first-order chi connectivity index (χ1) is 4.66. The lowest BCUT2D eigenvalue weighted by atomic mass is 10.5. The second-order valence-electron chi connectivity index (χ2n) is 2.14. The maximum Gasteiger partial charge on any atom is 0.191 e. The van der Waals surface area contributed by atoms with Crippen molar-refractivity contribution in [3.63, 3.8) is 0 Å². The second kappa shape index (κ2) is 5.65. The molecule has 0 saturated heterocycles. The molecule has 0 amide bonds. The first-order valence-electron chi connectivity index (χ1n) is 3.59. The highest BCUT2D eigenvalue weighted by molar-refractivity contribution is 4.32. The minimum absolute atomic E-state index is 0.368. The Morgan fingerprint density at radius 2 is 2.00 bits per heavy atom. The van der Waals surface area contributed by atoms with Crippen LogP contribution in [0.15, 0.2) is 0 Å². The molecule has 0 fully saturated rings. The maximum absolute atomic E-state index is 10.4. The predicted molar refractivity (Wildman–Crippen MR) is 36.9 cm³/mol. The fourth-order valence-corrected chi connectivity index (χ4v) is 0.593. The van der Waals surface area contributed by atoms with Gasteiger partial charge in [-0.05, 0) is 20.3 Å². The summed E-state index contributed by atoms with van der Waals surface area (Å²) in [6.45, 7) is 5.83. The average Bonchev–Trinajstić information content (AvgIpc) is 1.82. The Hall–Kier alpha value is -0.120. The van der Waals surface area contributed by atoms with Crippen LogP contribution >= 0.6 is 0 Å². The molecular weight excluding hydrogens is 132 g/mol. The minimum Gasteiger partial charge on any atom is -0.353 e. The molecule has 3 nitrogen and oxygen atoms in total. The molecule has 0 N–H and O–H groups in total. The van der Waals surface area contributed by atoms with Crippen LogP contribution in [-0.2, 0) is 14.6 Å². The average molecular weight is 147 g/mol. The van der Waals surface area contributed by atoms with Crippen LogP contribution in [0.4, 0.5) is 0 Å². The highest BCUT2D eigenvalue weighted by atomic mass is 16.7. The largest absolute Gasteiger partial charge is 0.353 e. The third-order valence-electron chi connectivity index (χ3n) is 0.940. The monoisotopic (exact) mass is 147 g/mol. The number of hydrogen-bond acceptors (Lipinski definition) is 2. The Balaban J connectivity index is 3.16. The van der Waals surface area contributed by atoms with Crippen molar-refractivity contribution in [1.82, 2.24) is 0 Å². The van der Waals surface area contributed by atoms with Gasteiger partial charge in [0.05, 0.1) is 0 Å². The third-order valence-corrected chi connectivity index (χ3v) is 0.940. The molecule has 0 heterocycles. The SMILES string of the molecule is CCCOC(C)OC(C)[O]. The zero-order chi connectivity index (χ0) is 7.98. The van der Waals surface area contributed by atoms with E-state index in [1.54, 1.807) is 6.92 Å². The van der Waals surface area contributed by atoms with Crippen LogP contribution in [-0.4, -0.2) is 19.2 Å². The molecule has 61 valence electrons. The Bertz CT molecular complexity index is 73.3. The van der Waals surface area contributed by atoms with Gasteiger partial charge in [0.1, 0.15) is 0 Å². The van der Waals surface area contributed by atoms with Crippen molar-refractivity contribution in [1.29, 1.82) is 0 Å². The first kappa shape index (κ1) is 9.88. The molecule has 0 saturated carbocycles. The second-order valence-corrected chi connectivity index (χ2v) is 2.14. The lowest BCUT2D eigenvalue weighted by molar-refractivity contribution is -0.232. The molecule has 1 radical (unpaired) electrons. The number of ether oxygens (including phenoxy) is 2. The summed E-state index contributed by atoms with van der Waals surface area (Å²) in [5, 5.41) is 10.4. The van der Waals surface area contributed by atoms with E-state index in [4.69, 9.17) is 9.47 Å². The molecule has 0 aliphatic carbocycles. The van der Waals surface area contributed by atoms with Crippen LogP contribution in [0.1, 0.15) is 27.2 Å². The van der Waals surface area contributed by atoms with Gasteiger partial charge in [0.15, 0.2) is 12.6 Å². The van der Waals surface area contributed by atoms with Crippen molar-refractivity contribution in [2.24, 2.45) is 0 Å². The van der Waals surface area contributed by atoms with Gasteiger partial charge in [-0.25, -0.2) is 5.11 Å². The van der Waals surface area contributed by atoms with Crippen molar-refractivity contribution in [3.05, 3.63) is 0 Å². The summed E-state index contributed by atoms with van der Waals surface area (Å²) in [7, 11) is 0. The molecule has 0 aromatic carbocycles. The van der Waals surface area contributed by atoms with Gasteiger partial charge in [-0.3, -0.25) is 0 Å². The first-order valence-corrected chi connectivity index (χ1v) is 3.59. The van der Waals surface area contributed by atoms with Gasteiger partial charge >= 0.3 is 0 Å². The summed E-state index contributed by atoms with van der Waals surface area (Å²) in [6, 6.07) is 0. The molecule has 10 heavy (non-hydrogen) atoms. The van der Waals surface area contributed by atoms with E-state index in [1.807, 2.05) is 6.92 Å². The van der Waals surface area contributed by atoms with Gasteiger partial charge in [-0.1, -0.05) is 6.92 Å². The van der Waals surface area contributed by atoms with Crippen molar-refractivity contribution >= 4 is 0 Å². The standard InChI is InChI=1S/C7H15O3/c1-4-5-9-7(3)10-6(2)8/h6-7H,4-5H2,1-3H3. The van der Waals surface area contributed by atoms with E-state index in [0.717, 1.165) is 6.42 Å². The van der Waals surface area contributed by atoms with Crippen LogP contribution in [0.2, 0.25) is 0 Å². The van der Waals surface area contributed by atoms with Crippen molar-refractivity contribution in [2.75, 3.05) is 6.61 Å². The fourth-order valence-electron chi connectivity index (χ4n) is 0.593. The topological polar surface area (TPSA) is 38.4 Å². The van der Waals surface area contributed by atoms with Crippen LogP contribution in [0.3, 0.4) is 0 Å². The molecule has 0 aliphatic rings. The normalized spacial score (nSPS) is 16.8. The van der Waals surface area contributed by atoms with E-state index in [2.05, 4.69) is 0 Å². The van der Waals surface area contributed by atoms with E-state index in [9.17, 15) is 5.11 Å². The van der Waals surface area contributed by atoms with E-state index in [1.165, 1.54) is 6.92 Å². The minimum atomic E-state index is -0.994. The quantitative estimate of drug-likeness (QED) is 0.553. The molecule has 0 bridgehead atoms. The number of rotatable bonds is 5. The van der Waals surface area contributed by atoms with Gasteiger partial charge in [-0.2, -0.15) is 0 Å². The maximum atomic E-state index is 10.4. The third kappa shape index (κ3) is 6.01. The Morgan fingerprint density at radius 1 is 1.40 bits per heavy atom. The van der Waals surface area contributed by atoms with E-state index >= 15 is 0 Å². The van der Waals surface area contributed by atoms with Crippen LogP contribution in [0.25, 0.3) is 0 Å². The summed E-state index contributed by atoms with van der Waals surface area (Å²) in [6.07, 6.45) is -0.416. The molecule has 2 atom stereocenters. The van der Waals surface area contributed by atoms with Gasteiger partial charge in [0.25, 0.3) is 0 Å². The molecule has 2 unspecified atom stereocenters. The number of hydrogen-bond donors (Lipinski definition) is 0. The van der Waals surface area contributed by atoms with E-state index in [-0.39, 0.29) is 6.29 Å². The van der Waals surface area contributed by atoms with E-state index < -0.39 is 6.29 Å². The Kier molecular flexibility index (Phi) is 5.58. The summed E-state index contributed by atoms with van der Waals surface area (Å²) in [5.41, 5.74) is 0. The van der Waals surface area contributed by atoms with Crippen LogP contribution < -0.4 is 0 Å². The fraction of sp³-hybridized carbons (Fsp3) is 1.00. The van der Waals surface area contributed by atoms with Crippen molar-refractivity contribution in [2.45, 2.75) is 39.8 Å². The lowest BCUT2D eigenvalue weighted by Crippen LogP contribution is -2.18. The van der Waals surface area contributed by atoms with Crippen LogP contribution in [0.5, 0.6) is 0 Å². The van der Waals surface area contributed by atoms with Gasteiger partial charge in [0, 0.05) is 6.61 Å². The lowest BCUT2D eigenvalue weighted by Gasteiger charge is -2.13. The zero-order valence-electron chi connectivity index (χ0n) is 6.79. The van der Waals surface area contributed by atoms with Gasteiger partial charge in [-0.15, -0.1) is 0 Å².